The summed E-state index contributed by atoms with van der Waals surface area (Å²) in [7, 11) is 3.40. The number of carboxylic acid groups (broad SMARTS) is 1. The first kappa shape index (κ1) is 30.8. The van der Waals surface area contributed by atoms with Crippen LogP contribution in [-0.2, 0) is 18.3 Å². The van der Waals surface area contributed by atoms with Crippen LogP contribution in [0, 0.1) is 5.82 Å². The lowest BCUT2D eigenvalue weighted by Gasteiger charge is -2.19. The van der Waals surface area contributed by atoms with Gasteiger partial charge in [-0.3, -0.25) is 4.68 Å². The smallest absolute Gasteiger partial charge is 0.490 e. The molecule has 1 unspecified atom stereocenters. The Bertz CT molecular complexity index is 1790. The number of aliphatic carboxylic acids is 1. The number of alkyl halides is 3. The third-order valence-electron chi connectivity index (χ3n) is 6.61. The van der Waals surface area contributed by atoms with E-state index in [4.69, 9.17) is 36.1 Å². The normalized spacial score (nSPS) is 12.0. The van der Waals surface area contributed by atoms with E-state index >= 15 is 4.39 Å². The van der Waals surface area contributed by atoms with E-state index in [2.05, 4.69) is 5.10 Å². The molecule has 0 saturated carbocycles. The zero-order valence-electron chi connectivity index (χ0n) is 23.4. The van der Waals surface area contributed by atoms with Gasteiger partial charge >= 0.3 is 12.1 Å². The lowest BCUT2D eigenvalue weighted by molar-refractivity contribution is -0.192. The second-order valence-corrected chi connectivity index (χ2v) is 9.51. The number of aromatic nitrogens is 4. The zero-order valence-corrected chi connectivity index (χ0v) is 23.4. The number of aryl methyl sites for hydroxylation is 2. The number of anilines is 2. The van der Waals surface area contributed by atoms with Gasteiger partial charge in [0.1, 0.15) is 23.2 Å². The summed E-state index contributed by atoms with van der Waals surface area (Å²) >= 11 is 0. The number of pyridine rings is 1. The SMILES string of the molecule is CCc1ccc(F)c(C(c2cc3cc(N)ccc3c(N)n2)c2nc(-c3cccc(OC)c3)nn2C)c1.O=C(O)C(F)(F)F. The molecule has 0 radical (unpaired) electrons. The molecule has 0 aliphatic carbocycles. The molecule has 0 amide bonds. The van der Waals surface area contributed by atoms with Crippen molar-refractivity contribution >= 4 is 28.2 Å². The summed E-state index contributed by atoms with van der Waals surface area (Å²) in [5, 5.41) is 13.4. The van der Waals surface area contributed by atoms with Gasteiger partial charge in [0.05, 0.1) is 18.7 Å². The summed E-state index contributed by atoms with van der Waals surface area (Å²) in [5.41, 5.74) is 15.8. The van der Waals surface area contributed by atoms with Crippen LogP contribution in [0.5, 0.6) is 5.75 Å². The van der Waals surface area contributed by atoms with E-state index in [0.29, 0.717) is 40.2 Å². The van der Waals surface area contributed by atoms with Crippen LogP contribution in [0.25, 0.3) is 22.2 Å². The first-order valence-corrected chi connectivity index (χ1v) is 12.9. The molecule has 0 saturated heterocycles. The van der Waals surface area contributed by atoms with Gasteiger partial charge in [-0.05, 0) is 59.8 Å². The highest BCUT2D eigenvalue weighted by Gasteiger charge is 2.38. The molecule has 0 fully saturated rings. The average Bonchev–Trinajstić information content (AvgIpc) is 3.34. The number of ether oxygens (including phenoxy) is 1. The second kappa shape index (κ2) is 12.3. The molecule has 0 aliphatic rings. The van der Waals surface area contributed by atoms with Gasteiger partial charge in [-0.25, -0.2) is 19.2 Å². The topological polar surface area (TPSA) is 142 Å². The minimum Gasteiger partial charge on any atom is -0.497 e. The van der Waals surface area contributed by atoms with E-state index in [-0.39, 0.29) is 5.82 Å². The van der Waals surface area contributed by atoms with Gasteiger partial charge in [-0.15, -0.1) is 0 Å². The van der Waals surface area contributed by atoms with E-state index < -0.39 is 18.1 Å². The molecule has 2 aromatic heterocycles. The minimum absolute atomic E-state index is 0.342. The van der Waals surface area contributed by atoms with Crippen LogP contribution in [-0.4, -0.2) is 44.1 Å². The number of benzene rings is 3. The molecule has 5 rings (SSSR count). The van der Waals surface area contributed by atoms with Crippen molar-refractivity contribution in [2.75, 3.05) is 18.6 Å². The van der Waals surface area contributed by atoms with Crippen LogP contribution < -0.4 is 16.2 Å². The number of nitrogens with zero attached hydrogens (tertiary/aromatic N) is 4. The Morgan fingerprint density at radius 3 is 2.42 bits per heavy atom. The lowest BCUT2D eigenvalue weighted by Crippen LogP contribution is -2.21. The fourth-order valence-electron chi connectivity index (χ4n) is 4.47. The number of nitrogens with two attached hydrogens (primary N) is 2. The fourth-order valence-corrected chi connectivity index (χ4v) is 4.47. The molecule has 5 aromatic rings. The van der Waals surface area contributed by atoms with Gasteiger partial charge < -0.3 is 21.3 Å². The molecular formula is C30H28F4N6O3. The molecule has 224 valence electrons. The van der Waals surface area contributed by atoms with Crippen LogP contribution in [0.2, 0.25) is 0 Å². The summed E-state index contributed by atoms with van der Waals surface area (Å²) < 4.78 is 54.2. The summed E-state index contributed by atoms with van der Waals surface area (Å²) in [6.07, 6.45) is -4.32. The van der Waals surface area contributed by atoms with Crippen LogP contribution >= 0.6 is 0 Å². The maximum absolute atomic E-state index is 15.4. The molecule has 0 spiro atoms. The maximum Gasteiger partial charge on any atom is 0.490 e. The molecule has 43 heavy (non-hydrogen) atoms. The summed E-state index contributed by atoms with van der Waals surface area (Å²) in [6, 6.07) is 20.0. The van der Waals surface area contributed by atoms with E-state index in [0.717, 1.165) is 28.3 Å². The molecule has 5 N–H and O–H groups in total. The Morgan fingerprint density at radius 2 is 1.77 bits per heavy atom. The van der Waals surface area contributed by atoms with Gasteiger partial charge in [-0.2, -0.15) is 18.3 Å². The highest BCUT2D eigenvalue weighted by Crippen LogP contribution is 2.36. The van der Waals surface area contributed by atoms with Crippen molar-refractivity contribution in [2.45, 2.75) is 25.4 Å². The van der Waals surface area contributed by atoms with Crippen LogP contribution in [0.15, 0.2) is 66.7 Å². The Labute approximate surface area is 243 Å². The van der Waals surface area contributed by atoms with Gasteiger partial charge in [0.15, 0.2) is 5.82 Å². The number of nitrogen functional groups attached to an aromatic ring is 2. The summed E-state index contributed by atoms with van der Waals surface area (Å²) in [5.74, 6) is -1.68. The van der Waals surface area contributed by atoms with Crippen molar-refractivity contribution in [1.82, 2.24) is 19.7 Å². The summed E-state index contributed by atoms with van der Waals surface area (Å²) in [6.45, 7) is 2.03. The lowest BCUT2D eigenvalue weighted by atomic mass is 9.91. The Morgan fingerprint density at radius 1 is 1.05 bits per heavy atom. The molecule has 3 aromatic carbocycles. The van der Waals surface area contributed by atoms with Crippen molar-refractivity contribution in [2.24, 2.45) is 7.05 Å². The van der Waals surface area contributed by atoms with Crippen molar-refractivity contribution in [3.05, 3.63) is 95.2 Å². The van der Waals surface area contributed by atoms with Crippen LogP contribution in [0.1, 0.15) is 35.5 Å². The predicted octanol–water partition coefficient (Wildman–Crippen LogP) is 5.72. The number of rotatable bonds is 6. The number of fused-ring (bicyclic) bond motifs is 1. The molecule has 0 aliphatic heterocycles. The third-order valence-corrected chi connectivity index (χ3v) is 6.61. The number of hydrogen-bond acceptors (Lipinski definition) is 7. The minimum atomic E-state index is -5.08. The van der Waals surface area contributed by atoms with Gasteiger partial charge in [0, 0.05) is 29.2 Å². The monoisotopic (exact) mass is 596 g/mol. The zero-order chi connectivity index (χ0) is 31.5. The number of methoxy groups -OCH3 is 1. The van der Waals surface area contributed by atoms with E-state index in [1.807, 2.05) is 55.5 Å². The molecule has 13 heteroatoms. The van der Waals surface area contributed by atoms with Crippen molar-refractivity contribution in [3.63, 3.8) is 0 Å². The maximum atomic E-state index is 15.4. The van der Waals surface area contributed by atoms with Gasteiger partial charge in [-0.1, -0.05) is 31.2 Å². The average molecular weight is 597 g/mol. The number of carboxylic acids is 1. The molecule has 9 nitrogen and oxygen atoms in total. The standard InChI is InChI=1S/C28H27FN6O.C2HF3O2/c1-4-16-8-11-23(29)22(12-16)25(24-15-18-13-19(30)9-10-21(18)26(31)32-24)28-33-27(34-35(28)2)17-6-5-7-20(14-17)36-3;3-2(4,5)1(6)7/h5-15,25H,4,30H2,1-3H3,(H2,31,32);(H,6,7). The molecule has 1 atom stereocenters. The van der Waals surface area contributed by atoms with Gasteiger partial charge in [0.25, 0.3) is 0 Å². The highest BCUT2D eigenvalue weighted by atomic mass is 19.4. The van der Waals surface area contributed by atoms with Gasteiger partial charge in [0.2, 0.25) is 0 Å². The third kappa shape index (κ3) is 6.83. The van der Waals surface area contributed by atoms with Crippen LogP contribution in [0.3, 0.4) is 0 Å². The second-order valence-electron chi connectivity index (χ2n) is 9.51. The van der Waals surface area contributed by atoms with Crippen molar-refractivity contribution in [1.29, 1.82) is 0 Å². The van der Waals surface area contributed by atoms with Crippen LogP contribution in [0.4, 0.5) is 29.1 Å². The molecule has 2 heterocycles. The fraction of sp³-hybridized carbons (Fsp3) is 0.200. The first-order valence-electron chi connectivity index (χ1n) is 12.9. The summed E-state index contributed by atoms with van der Waals surface area (Å²) in [4.78, 5) is 18.5. The molecular weight excluding hydrogens is 568 g/mol. The first-order chi connectivity index (χ1) is 20.3. The number of carbonyl (C=O) groups is 1. The van der Waals surface area contributed by atoms with Crippen molar-refractivity contribution < 1.29 is 32.2 Å². The highest BCUT2D eigenvalue weighted by molar-refractivity contribution is 5.93. The Hall–Kier alpha value is -5.20. The van der Waals surface area contributed by atoms with E-state index in [1.54, 1.807) is 31.0 Å². The molecule has 0 bridgehead atoms. The van der Waals surface area contributed by atoms with Crippen molar-refractivity contribution in [3.8, 4) is 17.1 Å². The number of halogens is 4. The quantitative estimate of drug-likeness (QED) is 0.167. The predicted molar refractivity (Wildman–Crippen MR) is 154 cm³/mol. The van der Waals surface area contributed by atoms with E-state index in [9.17, 15) is 13.2 Å². The van der Waals surface area contributed by atoms with E-state index in [1.165, 1.54) is 6.07 Å². The Balaban J connectivity index is 0.000000541. The largest absolute Gasteiger partial charge is 0.497 e. The number of hydrogen-bond donors (Lipinski definition) is 3. The Kier molecular flexibility index (Phi) is 8.83.